The minimum absolute atomic E-state index is 0.0349. The number of piperidine rings is 1. The van der Waals surface area contributed by atoms with Gasteiger partial charge in [0.05, 0.1) is 11.8 Å². The second kappa shape index (κ2) is 9.04. The van der Waals surface area contributed by atoms with E-state index in [9.17, 15) is 9.59 Å². The van der Waals surface area contributed by atoms with Gasteiger partial charge in [0, 0.05) is 44.2 Å². The number of hydrogen-bond acceptors (Lipinski definition) is 5. The van der Waals surface area contributed by atoms with Crippen LogP contribution < -0.4 is 10.9 Å². The second-order valence-corrected chi connectivity index (χ2v) is 8.30. The summed E-state index contributed by atoms with van der Waals surface area (Å²) < 4.78 is 8.67. The van der Waals surface area contributed by atoms with Crippen LogP contribution in [0.15, 0.2) is 27.6 Å². The summed E-state index contributed by atoms with van der Waals surface area (Å²) in [6.07, 6.45) is 7.44. The molecule has 0 aromatic carbocycles. The highest BCUT2D eigenvalue weighted by atomic mass is 16.3. The Bertz CT molecular complexity index is 1080. The van der Waals surface area contributed by atoms with Crippen LogP contribution >= 0.6 is 0 Å². The number of likely N-dealkylation sites (tertiary alicyclic amines) is 1. The molecule has 0 spiro atoms. The van der Waals surface area contributed by atoms with Crippen LogP contribution in [0.3, 0.4) is 0 Å². The molecule has 30 heavy (non-hydrogen) atoms. The largest absolute Gasteiger partial charge is 0.463 e. The average molecular weight is 414 g/mol. The molecule has 1 atom stereocenters. The van der Waals surface area contributed by atoms with E-state index in [0.717, 1.165) is 24.3 Å². The Morgan fingerprint density at radius 1 is 1.27 bits per heavy atom. The van der Waals surface area contributed by atoms with Crippen molar-refractivity contribution in [3.8, 4) is 0 Å². The summed E-state index contributed by atoms with van der Waals surface area (Å²) in [5, 5.41) is 7.43. The summed E-state index contributed by atoms with van der Waals surface area (Å²) >= 11 is 0. The fourth-order valence-electron chi connectivity index (χ4n) is 4.46. The number of amides is 1. The van der Waals surface area contributed by atoms with Crippen molar-refractivity contribution in [2.24, 2.45) is 0 Å². The maximum Gasteiger partial charge on any atom is 0.291 e. The van der Waals surface area contributed by atoms with Gasteiger partial charge in [0.25, 0.3) is 5.56 Å². The minimum atomic E-state index is -0.164. The zero-order chi connectivity index (χ0) is 21.1. The number of fused-ring (bicyclic) bond motifs is 3. The molecule has 1 fully saturated rings. The summed E-state index contributed by atoms with van der Waals surface area (Å²) in [7, 11) is 0. The molecule has 1 N–H and O–H groups in total. The van der Waals surface area contributed by atoms with Gasteiger partial charge < -0.3 is 14.6 Å². The molecule has 3 aromatic heterocycles. The Morgan fingerprint density at radius 2 is 2.13 bits per heavy atom. The van der Waals surface area contributed by atoms with Crippen molar-refractivity contribution in [3.63, 3.8) is 0 Å². The van der Waals surface area contributed by atoms with E-state index >= 15 is 0 Å². The zero-order valence-electron chi connectivity index (χ0n) is 17.9. The summed E-state index contributed by atoms with van der Waals surface area (Å²) in [4.78, 5) is 27.4. The number of nitrogens with one attached hydrogen (secondary N) is 1. The van der Waals surface area contributed by atoms with Crippen molar-refractivity contribution < 1.29 is 9.21 Å². The molecule has 4 heterocycles. The molecule has 4 rings (SSSR count). The molecular formula is C22H31N5O3. The highest BCUT2D eigenvalue weighted by Crippen LogP contribution is 2.20. The molecule has 1 amide bonds. The third kappa shape index (κ3) is 4.28. The lowest BCUT2D eigenvalue weighted by Gasteiger charge is -2.33. The van der Waals surface area contributed by atoms with Crippen molar-refractivity contribution >= 4 is 22.5 Å². The number of aromatic nitrogens is 3. The fraction of sp³-hybridized carbons (Fsp3) is 0.591. The Kier molecular flexibility index (Phi) is 6.22. The standard InChI is InChI=1S/C22H31N5O3/c1-16-7-3-4-11-25(16)12-6-10-23-21(28)8-5-13-26-22(29)19-15-20-18(9-14-30-20)27(19)17(2)24-26/h9,14-16H,3-8,10-13H2,1-2H3,(H,23,28)/t16-/m0/s1. The summed E-state index contributed by atoms with van der Waals surface area (Å²) in [5.74, 6) is 0.755. The summed E-state index contributed by atoms with van der Waals surface area (Å²) in [6.45, 7) is 7.49. The molecule has 8 heteroatoms. The maximum absolute atomic E-state index is 12.7. The van der Waals surface area contributed by atoms with E-state index in [-0.39, 0.29) is 11.5 Å². The number of hydrogen-bond donors (Lipinski definition) is 1. The topological polar surface area (TPSA) is 84.8 Å². The lowest BCUT2D eigenvalue weighted by atomic mass is 10.0. The second-order valence-electron chi connectivity index (χ2n) is 8.30. The number of aryl methyl sites for hydroxylation is 2. The highest BCUT2D eigenvalue weighted by molar-refractivity contribution is 5.82. The van der Waals surface area contributed by atoms with Gasteiger partial charge in [-0.15, -0.1) is 0 Å². The van der Waals surface area contributed by atoms with Crippen LogP contribution in [-0.2, 0) is 11.3 Å². The predicted molar refractivity (Wildman–Crippen MR) is 116 cm³/mol. The Labute approximate surface area is 175 Å². The molecular weight excluding hydrogens is 382 g/mol. The molecule has 0 saturated carbocycles. The van der Waals surface area contributed by atoms with Gasteiger partial charge >= 0.3 is 0 Å². The van der Waals surface area contributed by atoms with E-state index in [1.807, 2.05) is 17.4 Å². The zero-order valence-corrected chi connectivity index (χ0v) is 17.9. The van der Waals surface area contributed by atoms with E-state index in [2.05, 4.69) is 22.2 Å². The van der Waals surface area contributed by atoms with Crippen molar-refractivity contribution in [3.05, 3.63) is 34.6 Å². The van der Waals surface area contributed by atoms with E-state index in [1.165, 1.54) is 30.5 Å². The fourth-order valence-corrected chi connectivity index (χ4v) is 4.46. The smallest absolute Gasteiger partial charge is 0.291 e. The third-order valence-corrected chi connectivity index (χ3v) is 6.12. The molecule has 8 nitrogen and oxygen atoms in total. The average Bonchev–Trinajstić information content (AvgIpc) is 3.31. The minimum Gasteiger partial charge on any atom is -0.463 e. The van der Waals surface area contributed by atoms with E-state index < -0.39 is 0 Å². The van der Waals surface area contributed by atoms with Gasteiger partial charge in [0.1, 0.15) is 11.3 Å². The quantitative estimate of drug-likeness (QED) is 0.574. The van der Waals surface area contributed by atoms with E-state index in [0.29, 0.717) is 43.1 Å². The lowest BCUT2D eigenvalue weighted by molar-refractivity contribution is -0.121. The number of furan rings is 1. The molecule has 3 aromatic rings. The first-order valence-corrected chi connectivity index (χ1v) is 11.0. The summed E-state index contributed by atoms with van der Waals surface area (Å²) in [6, 6.07) is 4.24. The molecule has 0 radical (unpaired) electrons. The molecule has 1 saturated heterocycles. The van der Waals surface area contributed by atoms with Gasteiger partial charge in [-0.3, -0.25) is 14.0 Å². The van der Waals surface area contributed by atoms with E-state index in [1.54, 1.807) is 12.3 Å². The van der Waals surface area contributed by atoms with Crippen LogP contribution in [0, 0.1) is 6.92 Å². The SMILES string of the molecule is Cc1nn(CCCC(=O)NCCCN2CCCC[C@@H]2C)c(=O)c2cc3occc3n12. The number of carbonyl (C=O) groups is 1. The first-order chi connectivity index (χ1) is 14.5. The molecule has 162 valence electrons. The van der Waals surface area contributed by atoms with Gasteiger partial charge in [-0.05, 0) is 46.1 Å². The van der Waals surface area contributed by atoms with E-state index in [4.69, 9.17) is 4.42 Å². The van der Waals surface area contributed by atoms with Crippen LogP contribution in [0.4, 0.5) is 0 Å². The van der Waals surface area contributed by atoms with Crippen molar-refractivity contribution in [1.82, 2.24) is 24.4 Å². The summed E-state index contributed by atoms with van der Waals surface area (Å²) in [5.41, 5.74) is 1.90. The van der Waals surface area contributed by atoms with Crippen molar-refractivity contribution in [1.29, 1.82) is 0 Å². The van der Waals surface area contributed by atoms with Crippen LogP contribution in [0.1, 0.15) is 51.3 Å². The van der Waals surface area contributed by atoms with Crippen LogP contribution in [0.25, 0.3) is 16.6 Å². The molecule has 0 aliphatic carbocycles. The molecule has 0 unspecified atom stereocenters. The van der Waals surface area contributed by atoms with Gasteiger partial charge in [-0.1, -0.05) is 6.42 Å². The Hall–Kier alpha value is -2.61. The van der Waals surface area contributed by atoms with Crippen molar-refractivity contribution in [2.45, 2.75) is 65.0 Å². The maximum atomic E-state index is 12.7. The van der Waals surface area contributed by atoms with Crippen LogP contribution in [0.5, 0.6) is 0 Å². The number of rotatable bonds is 8. The lowest BCUT2D eigenvalue weighted by Crippen LogP contribution is -2.39. The van der Waals surface area contributed by atoms with Crippen LogP contribution in [-0.4, -0.2) is 50.7 Å². The third-order valence-electron chi connectivity index (χ3n) is 6.12. The number of carbonyl (C=O) groups excluding carboxylic acids is 1. The van der Waals surface area contributed by atoms with Gasteiger partial charge in [-0.2, -0.15) is 5.10 Å². The Balaban J connectivity index is 1.25. The molecule has 1 aliphatic rings. The first-order valence-electron chi connectivity index (χ1n) is 11.0. The Morgan fingerprint density at radius 3 is 2.97 bits per heavy atom. The molecule has 0 bridgehead atoms. The monoisotopic (exact) mass is 413 g/mol. The van der Waals surface area contributed by atoms with Crippen molar-refractivity contribution in [2.75, 3.05) is 19.6 Å². The normalized spacial score (nSPS) is 17.7. The number of nitrogens with zero attached hydrogens (tertiary/aromatic N) is 4. The van der Waals surface area contributed by atoms with Gasteiger partial charge in [0.2, 0.25) is 5.91 Å². The van der Waals surface area contributed by atoms with Crippen LogP contribution in [0.2, 0.25) is 0 Å². The molecule has 1 aliphatic heterocycles. The van der Waals surface area contributed by atoms with Gasteiger partial charge in [-0.25, -0.2) is 4.68 Å². The first kappa shape index (κ1) is 20.7. The highest BCUT2D eigenvalue weighted by Gasteiger charge is 2.17. The van der Waals surface area contributed by atoms with Gasteiger partial charge in [0.15, 0.2) is 5.58 Å². The predicted octanol–water partition coefficient (Wildman–Crippen LogP) is 2.71.